The van der Waals surface area contributed by atoms with Gasteiger partial charge in [-0.1, -0.05) is 88.9 Å². The molecule has 7 N–H and O–H groups in total. The molecule has 404 valence electrons. The number of hydrogen-bond acceptors (Lipinski definition) is 12. The minimum absolute atomic E-state index is 0.0247. The number of rotatable bonds is 16. The second kappa shape index (κ2) is 26.2. The summed E-state index contributed by atoms with van der Waals surface area (Å²) < 4.78 is 2.01. The molecule has 1 saturated heterocycles. The van der Waals surface area contributed by atoms with E-state index in [1.165, 1.54) is 32.0 Å². The summed E-state index contributed by atoms with van der Waals surface area (Å²) >= 11 is 0. The van der Waals surface area contributed by atoms with Crippen molar-refractivity contribution < 1.29 is 53.9 Å². The van der Waals surface area contributed by atoms with Gasteiger partial charge in [-0.2, -0.15) is 0 Å². The highest BCUT2D eigenvalue weighted by atomic mass is 16.8. The van der Waals surface area contributed by atoms with Crippen molar-refractivity contribution in [1.29, 1.82) is 0 Å². The highest BCUT2D eigenvalue weighted by Gasteiger charge is 2.39. The third kappa shape index (κ3) is 15.3. The summed E-state index contributed by atoms with van der Waals surface area (Å²) in [7, 11) is 2.73. The van der Waals surface area contributed by atoms with Crippen molar-refractivity contribution in [3.8, 4) is 5.75 Å². The molecule has 1 aliphatic rings. The Hall–Kier alpha value is -7.06. The van der Waals surface area contributed by atoms with Crippen LogP contribution >= 0.6 is 0 Å². The van der Waals surface area contributed by atoms with Crippen molar-refractivity contribution in [2.45, 2.75) is 149 Å². The van der Waals surface area contributed by atoms with Gasteiger partial charge in [0, 0.05) is 50.0 Å². The van der Waals surface area contributed by atoms with Crippen LogP contribution in [0.2, 0.25) is 0 Å². The first-order chi connectivity index (χ1) is 34.7. The largest absolute Gasteiger partial charge is 0.871 e. The molecule has 20 heteroatoms. The predicted octanol–water partition coefficient (Wildman–Crippen LogP) is 3.40. The first-order valence-electron chi connectivity index (χ1n) is 25.1. The van der Waals surface area contributed by atoms with E-state index in [-0.39, 0.29) is 61.2 Å². The molecular formula is C54H76N9O11-. The number of benzene rings is 2. The third-order valence-electron chi connectivity index (χ3n) is 13.3. The summed E-state index contributed by atoms with van der Waals surface area (Å²) in [6, 6.07) is 1.61. The third-order valence-corrected chi connectivity index (χ3v) is 13.3. The van der Waals surface area contributed by atoms with Crippen molar-refractivity contribution >= 4 is 64.2 Å². The van der Waals surface area contributed by atoms with E-state index in [0.717, 1.165) is 27.9 Å². The van der Waals surface area contributed by atoms with Gasteiger partial charge in [0.05, 0.1) is 11.2 Å². The number of carbonyl (C=O) groups is 8. The molecule has 74 heavy (non-hydrogen) atoms. The van der Waals surface area contributed by atoms with E-state index in [0.29, 0.717) is 11.8 Å². The van der Waals surface area contributed by atoms with Crippen LogP contribution in [0.3, 0.4) is 0 Å². The molecule has 0 saturated carbocycles. The number of likely N-dealkylation sites (N-methyl/N-ethyl adjacent to an activating group) is 2. The number of anilines is 1. The smallest absolute Gasteiger partial charge is 0.245 e. The highest BCUT2D eigenvalue weighted by Crippen LogP contribution is 2.30. The van der Waals surface area contributed by atoms with Gasteiger partial charge in [-0.3, -0.25) is 44.0 Å². The van der Waals surface area contributed by atoms with E-state index >= 15 is 4.79 Å². The van der Waals surface area contributed by atoms with Crippen LogP contribution in [0.4, 0.5) is 5.69 Å². The predicted molar refractivity (Wildman–Crippen MR) is 277 cm³/mol. The fourth-order valence-electron chi connectivity index (χ4n) is 8.96. The second-order valence-corrected chi connectivity index (χ2v) is 20.7. The van der Waals surface area contributed by atoms with Gasteiger partial charge >= 0.3 is 0 Å². The van der Waals surface area contributed by atoms with Gasteiger partial charge in [-0.05, 0) is 88.5 Å². The Labute approximate surface area is 433 Å². The van der Waals surface area contributed by atoms with Gasteiger partial charge in [0.1, 0.15) is 48.6 Å². The van der Waals surface area contributed by atoms with Crippen molar-refractivity contribution in [3.63, 3.8) is 0 Å². The molecule has 2 aromatic carbocycles. The van der Waals surface area contributed by atoms with E-state index in [2.05, 4.69) is 33.2 Å². The Kier molecular flexibility index (Phi) is 21.1. The van der Waals surface area contributed by atoms with Crippen LogP contribution < -0.4 is 36.9 Å². The minimum Gasteiger partial charge on any atom is -0.871 e. The molecule has 0 radical (unpaired) electrons. The fourth-order valence-corrected chi connectivity index (χ4v) is 8.96. The maximum absolute atomic E-state index is 15.3. The van der Waals surface area contributed by atoms with Crippen LogP contribution in [-0.2, 0) is 56.7 Å². The molecule has 8 atom stereocenters. The Morgan fingerprint density at radius 1 is 0.730 bits per heavy atom. The first-order valence-corrected chi connectivity index (χ1v) is 25.1. The summed E-state index contributed by atoms with van der Waals surface area (Å²) in [5.74, 6) is -7.33. The zero-order valence-electron chi connectivity index (χ0n) is 44.5. The number of allylic oxidation sites excluding steroid dienone is 2. The maximum Gasteiger partial charge on any atom is 0.245 e. The molecule has 1 aromatic heterocycles. The molecule has 0 bridgehead atoms. The number of fused-ring (bicyclic) bond motifs is 1. The summed E-state index contributed by atoms with van der Waals surface area (Å²) in [6.07, 6.45) is 7.16. The van der Waals surface area contributed by atoms with Crippen LogP contribution in [0.1, 0.15) is 99.1 Å². The molecule has 2 heterocycles. The lowest BCUT2D eigenvalue weighted by Crippen LogP contribution is -2.60. The van der Waals surface area contributed by atoms with Crippen LogP contribution in [0.25, 0.3) is 10.9 Å². The fraction of sp³-hybridized carbons (Fsp3) is 0.519. The Bertz CT molecular complexity index is 2550. The lowest BCUT2D eigenvalue weighted by molar-refractivity contribution is -0.268. The van der Waals surface area contributed by atoms with E-state index < -0.39 is 107 Å². The molecule has 7 amide bonds. The standard InChI is InChI=1S/C54H77N9O11/c1-13-15-19-38-47(66)59-41(28-36-29-62(54(9,10)14-2)42-20-17-16-18-37(36)42)53(72)61(12)44(24-32(5)6)50(69)58-40(26-35-21-22-46(65)43(27-35)63(73)74)48(67)55-34(8)52(71)60(11)45(25-33(7)30-64)51(70)57-39(23-31(3)4)49(68)56-38/h13-18,20-22,27,29-34,38-41,44-45,65,73-74H,2,19,23-26,28H2,1,3-12H3,(H,55,67)(H,56,68)(H,57,70)(H,58,69)(H,59,66)/p-1/t33-,34-,38-,39+,40-,41+,44-,45+/m1/s1. The van der Waals surface area contributed by atoms with Gasteiger partial charge in [0.15, 0.2) is 0 Å². The van der Waals surface area contributed by atoms with Crippen LogP contribution in [0.15, 0.2) is 73.5 Å². The van der Waals surface area contributed by atoms with Crippen molar-refractivity contribution in [2.75, 3.05) is 19.3 Å². The molecule has 0 spiro atoms. The molecule has 1 aliphatic heterocycles. The van der Waals surface area contributed by atoms with Crippen LogP contribution in [0, 0.1) is 17.8 Å². The molecule has 20 nitrogen and oxygen atoms in total. The number of aromatic nitrogens is 1. The molecule has 3 aromatic rings. The normalized spacial score (nSPS) is 23.0. The number of carbonyl (C=O) groups excluding carboxylic acids is 8. The zero-order valence-corrected chi connectivity index (χ0v) is 44.5. The van der Waals surface area contributed by atoms with Crippen LogP contribution in [0.5, 0.6) is 5.75 Å². The summed E-state index contributed by atoms with van der Waals surface area (Å²) in [6.45, 7) is 20.0. The van der Waals surface area contributed by atoms with Gasteiger partial charge in [0.2, 0.25) is 41.4 Å². The van der Waals surface area contributed by atoms with Crippen molar-refractivity contribution in [1.82, 2.24) is 41.0 Å². The quantitative estimate of drug-likeness (QED) is 0.0618. The SMILES string of the molecule is C=CC(C)(C)n1cc(C[C@@H]2NC(=O)[C@@H](CC=CC)NC(=O)[C@H](CC(C)C)NC(=O)[C@H](C[C@@H](C)C=O)N(C)C(=O)[C@@H](C)NC(=O)[C@@H](Cc3ccc([O-])c(N(O)O)c3)NC(=O)[C@@H](CC(C)C)N(C)C2=O)c2ccccc21. The topological polar surface area (TPSA) is 275 Å². The van der Waals surface area contributed by atoms with Gasteiger partial charge in [-0.25, -0.2) is 0 Å². The maximum atomic E-state index is 15.3. The monoisotopic (exact) mass is 1030 g/mol. The Morgan fingerprint density at radius 2 is 1.28 bits per heavy atom. The number of nitrogens with zero attached hydrogens (tertiary/aromatic N) is 4. The molecule has 4 rings (SSSR count). The van der Waals surface area contributed by atoms with Crippen molar-refractivity contribution in [3.05, 3.63) is 84.6 Å². The number of aldehydes is 1. The zero-order chi connectivity index (χ0) is 55.4. The van der Waals surface area contributed by atoms with Gasteiger partial charge in [0.25, 0.3) is 0 Å². The lowest BCUT2D eigenvalue weighted by Gasteiger charge is -2.33. The van der Waals surface area contributed by atoms with Crippen LogP contribution in [-0.4, -0.2) is 129 Å². The van der Waals surface area contributed by atoms with Gasteiger partial charge < -0.3 is 50.9 Å². The highest BCUT2D eigenvalue weighted by molar-refractivity contribution is 5.99. The summed E-state index contributed by atoms with van der Waals surface area (Å²) in [5, 5.41) is 46.3. The van der Waals surface area contributed by atoms with E-state index in [1.54, 1.807) is 32.1 Å². The molecular weight excluding hydrogens is 951 g/mol. The van der Waals surface area contributed by atoms with E-state index in [4.69, 9.17) is 0 Å². The molecule has 0 unspecified atom stereocenters. The summed E-state index contributed by atoms with van der Waals surface area (Å²) in [4.78, 5) is 117. The Morgan fingerprint density at radius 3 is 1.88 bits per heavy atom. The first kappa shape index (κ1) is 59.5. The number of amides is 7. The Balaban J connectivity index is 1.97. The summed E-state index contributed by atoms with van der Waals surface area (Å²) in [5.41, 5.74) is 0.540. The minimum atomic E-state index is -1.53. The lowest BCUT2D eigenvalue weighted by atomic mass is 9.98. The van der Waals surface area contributed by atoms with E-state index in [9.17, 15) is 49.1 Å². The molecule has 0 aliphatic carbocycles. The second-order valence-electron chi connectivity index (χ2n) is 20.7. The number of nitrogens with one attached hydrogen (secondary N) is 5. The average Bonchev–Trinajstić information content (AvgIpc) is 3.73. The van der Waals surface area contributed by atoms with Crippen molar-refractivity contribution in [2.24, 2.45) is 17.8 Å². The average molecular weight is 1030 g/mol. The number of para-hydroxylation sites is 1. The molecule has 1 fully saturated rings. The number of hydrogen-bond donors (Lipinski definition) is 7. The van der Waals surface area contributed by atoms with Gasteiger partial charge in [-0.15, -0.1) is 11.8 Å². The van der Waals surface area contributed by atoms with E-state index in [1.807, 2.05) is 76.6 Å².